The number of nitro benzene ring substituents is 1. The van der Waals surface area contributed by atoms with E-state index in [0.717, 1.165) is 12.8 Å². The van der Waals surface area contributed by atoms with Crippen LogP contribution in [0.15, 0.2) is 58.5 Å². The van der Waals surface area contributed by atoms with Crippen LogP contribution in [0, 0.1) is 10.1 Å². The molecule has 0 radical (unpaired) electrons. The number of primary amides is 1. The number of nitro groups is 1. The highest BCUT2D eigenvalue weighted by Gasteiger charge is 2.11. The first-order chi connectivity index (χ1) is 16.0. The molecule has 0 atom stereocenters. The number of nitrogens with zero attached hydrogens (tertiary/aromatic N) is 3. The molecule has 2 N–H and O–H groups in total. The number of carbonyl (C=O) groups excluding carboxylic acids is 1. The second-order valence-corrected chi connectivity index (χ2v) is 8.51. The van der Waals surface area contributed by atoms with Gasteiger partial charge in [-0.25, -0.2) is 4.98 Å². The van der Waals surface area contributed by atoms with Crippen molar-refractivity contribution in [3.63, 3.8) is 0 Å². The number of thioether (sulfide) groups is 1. The van der Waals surface area contributed by atoms with Crippen LogP contribution in [0.1, 0.15) is 32.1 Å². The first kappa shape index (κ1) is 24.2. The van der Waals surface area contributed by atoms with Crippen LogP contribution in [0.2, 0.25) is 0 Å². The van der Waals surface area contributed by atoms with Crippen molar-refractivity contribution >= 4 is 34.3 Å². The van der Waals surface area contributed by atoms with Gasteiger partial charge in [-0.05, 0) is 43.5 Å². The molecule has 3 rings (SSSR count). The smallest absolute Gasteiger partial charge is 0.269 e. The number of fused-ring (bicyclic) bond motifs is 1. The van der Waals surface area contributed by atoms with E-state index in [1.165, 1.54) is 23.9 Å². The van der Waals surface area contributed by atoms with E-state index in [9.17, 15) is 19.7 Å². The molecule has 0 bridgehead atoms. The fourth-order valence-corrected chi connectivity index (χ4v) is 4.22. The van der Waals surface area contributed by atoms with Crippen molar-refractivity contribution < 1.29 is 14.5 Å². The summed E-state index contributed by atoms with van der Waals surface area (Å²) in [6, 6.07) is 13.3. The standard InChI is InChI=1S/C23H26N4O5S/c24-21(28)9-2-1-5-14-26-22(29)19-7-3-4-8-20(19)25-23(26)33-16-6-15-32-18-12-10-17(11-13-18)27(30)31/h3-4,7-8,10-13H,1-2,5-6,9,14-16H2,(H2,24,28). The number of rotatable bonds is 13. The molecule has 9 nitrogen and oxygen atoms in total. The van der Waals surface area contributed by atoms with E-state index in [0.29, 0.717) is 60.0 Å². The molecule has 10 heteroatoms. The molecular formula is C23H26N4O5S. The number of aromatic nitrogens is 2. The summed E-state index contributed by atoms with van der Waals surface area (Å²) in [5, 5.41) is 12.0. The van der Waals surface area contributed by atoms with Gasteiger partial charge in [0, 0.05) is 30.9 Å². The van der Waals surface area contributed by atoms with Gasteiger partial charge in [0.05, 0.1) is 22.4 Å². The molecule has 0 spiro atoms. The normalized spacial score (nSPS) is 10.9. The van der Waals surface area contributed by atoms with Crippen molar-refractivity contribution in [3.05, 3.63) is 69.0 Å². The number of non-ortho nitro benzene ring substituents is 1. The van der Waals surface area contributed by atoms with Crippen molar-refractivity contribution in [2.45, 2.75) is 43.8 Å². The van der Waals surface area contributed by atoms with Gasteiger partial charge in [-0.3, -0.25) is 24.3 Å². The zero-order valence-electron chi connectivity index (χ0n) is 18.1. The summed E-state index contributed by atoms with van der Waals surface area (Å²) < 4.78 is 7.35. The van der Waals surface area contributed by atoms with Crippen LogP contribution < -0.4 is 16.0 Å². The molecule has 0 aliphatic heterocycles. The van der Waals surface area contributed by atoms with Gasteiger partial charge in [-0.1, -0.05) is 30.3 Å². The third kappa shape index (κ3) is 7.04. The molecule has 0 fully saturated rings. The van der Waals surface area contributed by atoms with Gasteiger partial charge in [0.25, 0.3) is 11.2 Å². The average Bonchev–Trinajstić information content (AvgIpc) is 2.80. The number of carbonyl (C=O) groups is 1. The molecular weight excluding hydrogens is 444 g/mol. The second-order valence-electron chi connectivity index (χ2n) is 7.45. The van der Waals surface area contributed by atoms with Crippen molar-refractivity contribution in [3.8, 4) is 5.75 Å². The lowest BCUT2D eigenvalue weighted by Crippen LogP contribution is -2.23. The van der Waals surface area contributed by atoms with E-state index in [1.54, 1.807) is 22.8 Å². The third-order valence-corrected chi connectivity index (χ3v) is 6.03. The van der Waals surface area contributed by atoms with Crippen LogP contribution in [0.3, 0.4) is 0 Å². The maximum atomic E-state index is 13.0. The van der Waals surface area contributed by atoms with E-state index < -0.39 is 4.92 Å². The fraction of sp³-hybridized carbons (Fsp3) is 0.348. The molecule has 1 heterocycles. The lowest BCUT2D eigenvalue weighted by Gasteiger charge is -2.13. The summed E-state index contributed by atoms with van der Waals surface area (Å²) in [6.07, 6.45) is 3.32. The third-order valence-electron chi connectivity index (χ3n) is 4.97. The van der Waals surface area contributed by atoms with Crippen molar-refractivity contribution in [2.24, 2.45) is 5.73 Å². The number of unbranched alkanes of at least 4 members (excludes halogenated alkanes) is 2. The number of amides is 1. The van der Waals surface area contributed by atoms with Crippen molar-refractivity contribution in [1.82, 2.24) is 9.55 Å². The highest BCUT2D eigenvalue weighted by atomic mass is 32.2. The highest BCUT2D eigenvalue weighted by Crippen LogP contribution is 2.21. The predicted molar refractivity (Wildman–Crippen MR) is 128 cm³/mol. The Labute approximate surface area is 195 Å². The second kappa shape index (κ2) is 12.0. The Bertz CT molecular complexity index is 1160. The Kier molecular flexibility index (Phi) is 8.82. The number of hydrogen-bond donors (Lipinski definition) is 1. The van der Waals surface area contributed by atoms with Crippen LogP contribution in [-0.4, -0.2) is 32.7 Å². The van der Waals surface area contributed by atoms with E-state index in [2.05, 4.69) is 0 Å². The van der Waals surface area contributed by atoms with Gasteiger partial charge < -0.3 is 10.5 Å². The van der Waals surface area contributed by atoms with Crippen molar-refractivity contribution in [2.75, 3.05) is 12.4 Å². The van der Waals surface area contributed by atoms with Gasteiger partial charge in [0.1, 0.15) is 5.75 Å². The summed E-state index contributed by atoms with van der Waals surface area (Å²) in [4.78, 5) is 38.9. The van der Waals surface area contributed by atoms with Crippen molar-refractivity contribution in [1.29, 1.82) is 0 Å². The zero-order valence-corrected chi connectivity index (χ0v) is 19.0. The van der Waals surface area contributed by atoms with E-state index >= 15 is 0 Å². The molecule has 0 unspecified atom stereocenters. The van der Waals surface area contributed by atoms with E-state index in [4.69, 9.17) is 15.5 Å². The lowest BCUT2D eigenvalue weighted by atomic mass is 10.2. The summed E-state index contributed by atoms with van der Waals surface area (Å²) in [5.74, 6) is 0.952. The largest absolute Gasteiger partial charge is 0.494 e. The Balaban J connectivity index is 1.58. The van der Waals surface area contributed by atoms with Gasteiger partial charge in [0.15, 0.2) is 5.16 Å². The van der Waals surface area contributed by atoms with Crippen LogP contribution in [-0.2, 0) is 11.3 Å². The zero-order chi connectivity index (χ0) is 23.6. The minimum absolute atomic E-state index is 0.0212. The molecule has 0 aliphatic carbocycles. The Hall–Kier alpha value is -3.40. The summed E-state index contributed by atoms with van der Waals surface area (Å²) in [6.45, 7) is 0.965. The van der Waals surface area contributed by atoms with Crippen LogP contribution >= 0.6 is 11.8 Å². The number of para-hydroxylation sites is 1. The Morgan fingerprint density at radius 2 is 1.85 bits per heavy atom. The molecule has 33 heavy (non-hydrogen) atoms. The molecule has 3 aromatic rings. The molecule has 1 aromatic heterocycles. The molecule has 0 saturated carbocycles. The van der Waals surface area contributed by atoms with E-state index in [1.807, 2.05) is 18.2 Å². The summed E-state index contributed by atoms with van der Waals surface area (Å²) >= 11 is 1.49. The molecule has 0 saturated heterocycles. The highest BCUT2D eigenvalue weighted by molar-refractivity contribution is 7.99. The first-order valence-corrected chi connectivity index (χ1v) is 11.7. The maximum Gasteiger partial charge on any atom is 0.269 e. The molecule has 0 aliphatic rings. The van der Waals surface area contributed by atoms with Gasteiger partial charge >= 0.3 is 0 Å². The van der Waals surface area contributed by atoms with Crippen LogP contribution in [0.25, 0.3) is 10.9 Å². The van der Waals surface area contributed by atoms with E-state index in [-0.39, 0.29) is 17.2 Å². The molecule has 1 amide bonds. The molecule has 2 aromatic carbocycles. The maximum absolute atomic E-state index is 13.0. The number of nitrogens with two attached hydrogens (primary N) is 1. The van der Waals surface area contributed by atoms with Gasteiger partial charge in [-0.15, -0.1) is 0 Å². The minimum atomic E-state index is -0.450. The fourth-order valence-electron chi connectivity index (χ4n) is 3.28. The Morgan fingerprint density at radius 1 is 1.09 bits per heavy atom. The van der Waals surface area contributed by atoms with Gasteiger partial charge in [0.2, 0.25) is 5.91 Å². The lowest BCUT2D eigenvalue weighted by molar-refractivity contribution is -0.384. The predicted octanol–water partition coefficient (Wildman–Crippen LogP) is 3.91. The Morgan fingerprint density at radius 3 is 2.58 bits per heavy atom. The number of hydrogen-bond acceptors (Lipinski definition) is 7. The van der Waals surface area contributed by atoms with Gasteiger partial charge in [-0.2, -0.15) is 0 Å². The van der Waals surface area contributed by atoms with Crippen LogP contribution in [0.5, 0.6) is 5.75 Å². The minimum Gasteiger partial charge on any atom is -0.494 e. The van der Waals surface area contributed by atoms with Crippen LogP contribution in [0.4, 0.5) is 5.69 Å². The quantitative estimate of drug-likeness (QED) is 0.132. The first-order valence-electron chi connectivity index (χ1n) is 10.7. The average molecular weight is 471 g/mol. The monoisotopic (exact) mass is 470 g/mol. The number of benzene rings is 2. The summed E-state index contributed by atoms with van der Waals surface area (Å²) in [5.41, 5.74) is 5.80. The molecule has 174 valence electrons. The SMILES string of the molecule is NC(=O)CCCCCn1c(SCCCOc2ccc([N+](=O)[O-])cc2)nc2ccccc2c1=O. The number of ether oxygens (including phenoxy) is 1. The topological polar surface area (TPSA) is 130 Å². The summed E-state index contributed by atoms with van der Waals surface area (Å²) in [7, 11) is 0.